The van der Waals surface area contributed by atoms with Crippen molar-refractivity contribution in [3.05, 3.63) is 23.8 Å². The Balaban J connectivity index is 2.01. The van der Waals surface area contributed by atoms with Crippen LogP contribution in [0.2, 0.25) is 0 Å². The van der Waals surface area contributed by atoms with Gasteiger partial charge in [0.25, 0.3) is 5.91 Å². The van der Waals surface area contributed by atoms with Crippen LogP contribution in [0.25, 0.3) is 0 Å². The minimum absolute atomic E-state index is 0.0769. The van der Waals surface area contributed by atoms with Crippen LogP contribution in [0, 0.1) is 5.92 Å². The lowest BCUT2D eigenvalue weighted by Crippen LogP contribution is -2.51. The van der Waals surface area contributed by atoms with Crippen molar-refractivity contribution in [2.75, 3.05) is 32.8 Å². The number of benzene rings is 1. The number of carbonyl (C=O) groups excluding carboxylic acids is 1. The van der Waals surface area contributed by atoms with Gasteiger partial charge < -0.3 is 20.3 Å². The van der Waals surface area contributed by atoms with Crippen molar-refractivity contribution in [1.29, 1.82) is 0 Å². The van der Waals surface area contributed by atoms with Crippen molar-refractivity contribution >= 4 is 5.91 Å². The van der Waals surface area contributed by atoms with Gasteiger partial charge in [0.05, 0.1) is 13.2 Å². The van der Waals surface area contributed by atoms with E-state index in [-0.39, 0.29) is 23.1 Å². The van der Waals surface area contributed by atoms with E-state index in [1.54, 1.807) is 0 Å². The smallest absolute Gasteiger partial charge is 0.258 e. The second-order valence-electron chi connectivity index (χ2n) is 5.84. The Hall–Kier alpha value is -1.79. The van der Waals surface area contributed by atoms with Crippen LogP contribution in [-0.4, -0.2) is 59.9 Å². The molecule has 0 radical (unpaired) electrons. The first-order valence-corrected chi connectivity index (χ1v) is 7.61. The van der Waals surface area contributed by atoms with Gasteiger partial charge in [0.15, 0.2) is 0 Å². The van der Waals surface area contributed by atoms with Gasteiger partial charge in [-0.05, 0) is 18.1 Å². The zero-order valence-corrected chi connectivity index (χ0v) is 13.1. The number of aromatic hydroxyl groups is 2. The summed E-state index contributed by atoms with van der Waals surface area (Å²) in [5.41, 5.74) is -0.0769. The number of rotatable bonds is 5. The number of phenolic OH excluding ortho intramolecular Hbond substituents is 2. The second-order valence-corrected chi connectivity index (χ2v) is 5.84. The van der Waals surface area contributed by atoms with Gasteiger partial charge in [0.1, 0.15) is 17.1 Å². The van der Waals surface area contributed by atoms with Gasteiger partial charge in [0.2, 0.25) is 0 Å². The Labute approximate surface area is 130 Å². The van der Waals surface area contributed by atoms with Gasteiger partial charge in [-0.25, -0.2) is 0 Å². The van der Waals surface area contributed by atoms with Crippen molar-refractivity contribution in [2.45, 2.75) is 19.9 Å². The molecule has 1 aliphatic heterocycles. The molecule has 1 fully saturated rings. The molecule has 0 aromatic heterocycles. The number of carbonyl (C=O) groups is 1. The minimum atomic E-state index is -0.463. The molecule has 22 heavy (non-hydrogen) atoms. The molecule has 1 atom stereocenters. The normalized spacial score (nSPS) is 17.4. The fraction of sp³-hybridized carbons (Fsp3) is 0.562. The standard InChI is InChI=1S/C16H24N2O4/c1-11(2)12(18-6-8-22-9-7-18)10-17-16(21)15-13(19)4-3-5-14(15)20/h3-5,11-12,19-20H,6-10H2,1-2H3,(H,17,21). The summed E-state index contributed by atoms with van der Waals surface area (Å²) < 4.78 is 5.36. The first-order chi connectivity index (χ1) is 10.5. The molecule has 1 aliphatic rings. The Morgan fingerprint density at radius 3 is 2.41 bits per heavy atom. The van der Waals surface area contributed by atoms with E-state index in [0.29, 0.717) is 25.7 Å². The topological polar surface area (TPSA) is 82.0 Å². The summed E-state index contributed by atoms with van der Waals surface area (Å²) in [6, 6.07) is 4.46. The molecule has 6 nitrogen and oxygen atoms in total. The summed E-state index contributed by atoms with van der Waals surface area (Å²) in [4.78, 5) is 14.5. The second kappa shape index (κ2) is 7.47. The van der Waals surface area contributed by atoms with E-state index in [2.05, 4.69) is 24.1 Å². The van der Waals surface area contributed by atoms with E-state index in [4.69, 9.17) is 4.74 Å². The Morgan fingerprint density at radius 1 is 1.27 bits per heavy atom. The zero-order valence-electron chi connectivity index (χ0n) is 13.1. The fourth-order valence-electron chi connectivity index (χ4n) is 2.74. The summed E-state index contributed by atoms with van der Waals surface area (Å²) in [5, 5.41) is 22.3. The molecule has 1 unspecified atom stereocenters. The number of nitrogens with zero attached hydrogens (tertiary/aromatic N) is 1. The lowest BCUT2D eigenvalue weighted by Gasteiger charge is -2.36. The highest BCUT2D eigenvalue weighted by molar-refractivity contribution is 5.99. The maximum atomic E-state index is 12.2. The van der Waals surface area contributed by atoms with E-state index in [1.807, 2.05) is 0 Å². The van der Waals surface area contributed by atoms with Crippen molar-refractivity contribution in [3.8, 4) is 11.5 Å². The molecule has 1 saturated heterocycles. The van der Waals surface area contributed by atoms with Crippen molar-refractivity contribution in [1.82, 2.24) is 10.2 Å². The summed E-state index contributed by atoms with van der Waals surface area (Å²) in [6.45, 7) is 7.80. The lowest BCUT2D eigenvalue weighted by molar-refractivity contribution is 0.00672. The zero-order chi connectivity index (χ0) is 16.1. The van der Waals surface area contributed by atoms with Gasteiger partial charge in [-0.1, -0.05) is 19.9 Å². The SMILES string of the molecule is CC(C)C(CNC(=O)c1c(O)cccc1O)N1CCOCC1. The molecule has 1 heterocycles. The molecule has 0 bridgehead atoms. The maximum absolute atomic E-state index is 12.2. The van der Waals surface area contributed by atoms with Crippen LogP contribution < -0.4 is 5.32 Å². The number of hydrogen-bond acceptors (Lipinski definition) is 5. The molecule has 1 amide bonds. The quantitative estimate of drug-likeness (QED) is 0.761. The summed E-state index contributed by atoms with van der Waals surface area (Å²) >= 11 is 0. The lowest BCUT2D eigenvalue weighted by atomic mass is 10.0. The van der Waals surface area contributed by atoms with Gasteiger partial charge in [0, 0.05) is 25.7 Å². The highest BCUT2D eigenvalue weighted by Crippen LogP contribution is 2.26. The van der Waals surface area contributed by atoms with Gasteiger partial charge in [-0.3, -0.25) is 9.69 Å². The van der Waals surface area contributed by atoms with E-state index in [1.165, 1.54) is 18.2 Å². The summed E-state index contributed by atoms with van der Waals surface area (Å²) in [5.74, 6) is -0.527. The third kappa shape index (κ3) is 3.90. The van der Waals surface area contributed by atoms with Crippen molar-refractivity contribution in [3.63, 3.8) is 0 Å². The highest BCUT2D eigenvalue weighted by Gasteiger charge is 2.25. The molecule has 3 N–H and O–H groups in total. The first-order valence-electron chi connectivity index (χ1n) is 7.61. The van der Waals surface area contributed by atoms with Crippen molar-refractivity contribution < 1.29 is 19.7 Å². The number of morpholine rings is 1. The molecular weight excluding hydrogens is 284 g/mol. The predicted octanol–water partition coefficient (Wildman–Crippen LogP) is 1.18. The molecule has 1 aromatic carbocycles. The predicted molar refractivity (Wildman–Crippen MR) is 83.1 cm³/mol. The van der Waals surface area contributed by atoms with Crippen LogP contribution in [0.1, 0.15) is 24.2 Å². The van der Waals surface area contributed by atoms with E-state index >= 15 is 0 Å². The molecule has 0 saturated carbocycles. The average molecular weight is 308 g/mol. The molecule has 122 valence electrons. The maximum Gasteiger partial charge on any atom is 0.258 e. The largest absolute Gasteiger partial charge is 0.507 e. The average Bonchev–Trinajstić information content (AvgIpc) is 2.48. The number of ether oxygens (including phenoxy) is 1. The Bertz CT molecular complexity index is 493. The van der Waals surface area contributed by atoms with E-state index < -0.39 is 5.91 Å². The minimum Gasteiger partial charge on any atom is -0.507 e. The van der Waals surface area contributed by atoms with Crippen LogP contribution in [0.3, 0.4) is 0 Å². The van der Waals surface area contributed by atoms with Gasteiger partial charge in [-0.15, -0.1) is 0 Å². The number of nitrogens with one attached hydrogen (secondary N) is 1. The molecular formula is C16H24N2O4. The van der Waals surface area contributed by atoms with Gasteiger partial charge >= 0.3 is 0 Å². The first kappa shape index (κ1) is 16.6. The molecule has 0 aliphatic carbocycles. The molecule has 2 rings (SSSR count). The van der Waals surface area contributed by atoms with Crippen LogP contribution in [0.4, 0.5) is 0 Å². The molecule has 6 heteroatoms. The number of amides is 1. The van der Waals surface area contributed by atoms with Gasteiger partial charge in [-0.2, -0.15) is 0 Å². The third-order valence-corrected chi connectivity index (χ3v) is 4.00. The van der Waals surface area contributed by atoms with E-state index in [0.717, 1.165) is 13.1 Å². The van der Waals surface area contributed by atoms with Crippen LogP contribution in [0.15, 0.2) is 18.2 Å². The Kier molecular flexibility index (Phi) is 5.63. The number of hydrogen-bond donors (Lipinski definition) is 3. The van der Waals surface area contributed by atoms with Crippen molar-refractivity contribution in [2.24, 2.45) is 5.92 Å². The monoisotopic (exact) mass is 308 g/mol. The fourth-order valence-corrected chi connectivity index (χ4v) is 2.74. The summed E-state index contributed by atoms with van der Waals surface area (Å²) in [6.07, 6.45) is 0. The van der Waals surface area contributed by atoms with E-state index in [9.17, 15) is 15.0 Å². The highest BCUT2D eigenvalue weighted by atomic mass is 16.5. The molecule has 0 spiro atoms. The Morgan fingerprint density at radius 2 is 1.86 bits per heavy atom. The third-order valence-electron chi connectivity index (χ3n) is 4.00. The summed E-state index contributed by atoms with van der Waals surface area (Å²) in [7, 11) is 0. The molecule has 1 aromatic rings. The number of phenols is 2. The van der Waals surface area contributed by atoms with Crippen LogP contribution in [0.5, 0.6) is 11.5 Å². The van der Waals surface area contributed by atoms with Crippen LogP contribution >= 0.6 is 0 Å². The van der Waals surface area contributed by atoms with Crippen LogP contribution in [-0.2, 0) is 4.74 Å².